The van der Waals surface area contributed by atoms with E-state index in [2.05, 4.69) is 0 Å². The topological polar surface area (TPSA) is 76.1 Å². The summed E-state index contributed by atoms with van der Waals surface area (Å²) in [6.07, 6.45) is 2.54. The highest BCUT2D eigenvalue weighted by Gasteiger charge is 2.47. The van der Waals surface area contributed by atoms with Crippen molar-refractivity contribution >= 4 is 17.4 Å². The lowest BCUT2D eigenvalue weighted by Gasteiger charge is -2.28. The number of Topliss-reactive ketones (excluding diaryl/α,β-unsaturated/α-hetero) is 1. The largest absolute Gasteiger partial charge is 0.507 e. The Balaban J connectivity index is 1.80. The number of aliphatic hydroxyl groups excluding tert-OH is 1. The number of benzene rings is 2. The van der Waals surface area contributed by atoms with Crippen LogP contribution in [-0.2, 0) is 14.3 Å². The van der Waals surface area contributed by atoms with Gasteiger partial charge >= 0.3 is 0 Å². The van der Waals surface area contributed by atoms with Crippen LogP contribution in [0.5, 0.6) is 5.75 Å². The van der Waals surface area contributed by atoms with Gasteiger partial charge in [-0.25, -0.2) is 0 Å². The van der Waals surface area contributed by atoms with Crippen LogP contribution in [-0.4, -0.2) is 47.6 Å². The molecule has 0 spiro atoms. The number of ether oxygens (including phenoxy) is 2. The first-order chi connectivity index (χ1) is 15.5. The van der Waals surface area contributed by atoms with Crippen molar-refractivity contribution in [3.8, 4) is 5.75 Å². The van der Waals surface area contributed by atoms with E-state index in [4.69, 9.17) is 9.47 Å². The number of hydrogen-bond donors (Lipinski definition) is 1. The smallest absolute Gasteiger partial charge is 0.295 e. The van der Waals surface area contributed by atoms with E-state index in [1.165, 1.54) is 0 Å². The van der Waals surface area contributed by atoms with Gasteiger partial charge in [0, 0.05) is 18.7 Å². The van der Waals surface area contributed by atoms with Crippen molar-refractivity contribution in [2.24, 2.45) is 0 Å². The molecule has 2 heterocycles. The second kappa shape index (κ2) is 9.57. The summed E-state index contributed by atoms with van der Waals surface area (Å²) in [6, 6.07) is 14.0. The minimum absolute atomic E-state index is 0.106. The summed E-state index contributed by atoms with van der Waals surface area (Å²) < 4.78 is 11.4. The Morgan fingerprint density at radius 2 is 2.00 bits per heavy atom. The molecule has 2 aromatic carbocycles. The minimum Gasteiger partial charge on any atom is -0.507 e. The van der Waals surface area contributed by atoms with Crippen molar-refractivity contribution in [1.82, 2.24) is 4.90 Å². The van der Waals surface area contributed by atoms with Gasteiger partial charge in [-0.15, -0.1) is 0 Å². The highest BCUT2D eigenvalue weighted by Crippen LogP contribution is 2.41. The van der Waals surface area contributed by atoms with E-state index in [9.17, 15) is 14.7 Å². The summed E-state index contributed by atoms with van der Waals surface area (Å²) in [6.45, 7) is 5.50. The zero-order chi connectivity index (χ0) is 22.7. The number of carbonyl (C=O) groups is 2. The third kappa shape index (κ3) is 4.28. The Labute approximate surface area is 188 Å². The molecule has 1 N–H and O–H groups in total. The average molecular weight is 436 g/mol. The fourth-order valence-electron chi connectivity index (χ4n) is 4.40. The molecule has 2 unspecified atom stereocenters. The van der Waals surface area contributed by atoms with Crippen LogP contribution in [0, 0.1) is 6.92 Å². The molecular weight excluding hydrogens is 406 g/mol. The quantitative estimate of drug-likeness (QED) is 0.397. The Morgan fingerprint density at radius 1 is 1.19 bits per heavy atom. The van der Waals surface area contributed by atoms with Crippen LogP contribution in [0.15, 0.2) is 54.1 Å². The van der Waals surface area contributed by atoms with Gasteiger partial charge in [-0.2, -0.15) is 0 Å². The average Bonchev–Trinajstić information content (AvgIpc) is 3.40. The molecule has 0 aromatic heterocycles. The lowest BCUT2D eigenvalue weighted by molar-refractivity contribution is -0.140. The number of rotatable bonds is 7. The molecular formula is C26H29NO5. The SMILES string of the molecule is CCCOc1cccc(/C(O)=C2\C(=O)C(=O)N(CC3CCCO3)C2c2ccccc2C)c1. The van der Waals surface area contributed by atoms with Crippen LogP contribution in [0.2, 0.25) is 0 Å². The van der Waals surface area contributed by atoms with Crippen molar-refractivity contribution in [2.75, 3.05) is 19.8 Å². The van der Waals surface area contributed by atoms with Gasteiger partial charge in [0.15, 0.2) is 0 Å². The molecule has 6 nitrogen and oxygen atoms in total. The van der Waals surface area contributed by atoms with Gasteiger partial charge in [-0.3, -0.25) is 9.59 Å². The first kappa shape index (κ1) is 22.1. The maximum absolute atomic E-state index is 13.2. The predicted octanol–water partition coefficient (Wildman–Crippen LogP) is 4.38. The monoisotopic (exact) mass is 435 g/mol. The van der Waals surface area contributed by atoms with Crippen LogP contribution in [0.4, 0.5) is 0 Å². The lowest BCUT2D eigenvalue weighted by Crippen LogP contribution is -2.36. The van der Waals surface area contributed by atoms with Gasteiger partial charge in [-0.05, 0) is 49.4 Å². The first-order valence-electron chi connectivity index (χ1n) is 11.2. The zero-order valence-electron chi connectivity index (χ0n) is 18.5. The third-order valence-electron chi connectivity index (χ3n) is 6.03. The predicted molar refractivity (Wildman–Crippen MR) is 121 cm³/mol. The maximum atomic E-state index is 13.2. The molecule has 0 radical (unpaired) electrons. The number of aryl methyl sites for hydroxylation is 1. The molecule has 2 aliphatic rings. The molecule has 0 bridgehead atoms. The molecule has 168 valence electrons. The molecule has 2 aromatic rings. The van der Waals surface area contributed by atoms with E-state index < -0.39 is 17.7 Å². The van der Waals surface area contributed by atoms with Crippen LogP contribution < -0.4 is 4.74 Å². The summed E-state index contributed by atoms with van der Waals surface area (Å²) in [4.78, 5) is 27.8. The number of hydrogen-bond acceptors (Lipinski definition) is 5. The van der Waals surface area contributed by atoms with Gasteiger partial charge in [0.2, 0.25) is 0 Å². The van der Waals surface area contributed by atoms with Crippen molar-refractivity contribution in [3.05, 3.63) is 70.8 Å². The summed E-state index contributed by atoms with van der Waals surface area (Å²) in [5.41, 5.74) is 2.33. The number of amides is 1. The Hall–Kier alpha value is -3.12. The van der Waals surface area contributed by atoms with Crippen molar-refractivity contribution < 1.29 is 24.2 Å². The normalized spacial score (nSPS) is 22.5. The van der Waals surface area contributed by atoms with Gasteiger partial charge in [0.1, 0.15) is 11.5 Å². The molecule has 32 heavy (non-hydrogen) atoms. The van der Waals surface area contributed by atoms with Gasteiger partial charge < -0.3 is 19.5 Å². The molecule has 6 heteroatoms. The number of nitrogens with zero attached hydrogens (tertiary/aromatic N) is 1. The highest BCUT2D eigenvalue weighted by molar-refractivity contribution is 6.46. The minimum atomic E-state index is -0.673. The van der Waals surface area contributed by atoms with Crippen LogP contribution >= 0.6 is 0 Å². The first-order valence-corrected chi connectivity index (χ1v) is 11.2. The summed E-state index contributed by atoms with van der Waals surface area (Å²) in [7, 11) is 0. The summed E-state index contributed by atoms with van der Waals surface area (Å²) >= 11 is 0. The van der Waals surface area contributed by atoms with Crippen LogP contribution in [0.3, 0.4) is 0 Å². The Bertz CT molecular complexity index is 1040. The molecule has 0 saturated carbocycles. The summed E-state index contributed by atoms with van der Waals surface area (Å²) in [5, 5.41) is 11.3. The van der Waals surface area contributed by atoms with Crippen LogP contribution in [0.1, 0.15) is 48.9 Å². The standard InChI is InChI=1S/C26H29NO5/c1-3-13-31-19-10-6-9-18(15-19)24(28)22-23(21-12-5-4-8-17(21)2)27(26(30)25(22)29)16-20-11-7-14-32-20/h4-6,8-10,12,15,20,23,28H,3,7,11,13-14,16H2,1-2H3/b24-22+. The molecule has 2 aliphatic heterocycles. The highest BCUT2D eigenvalue weighted by atomic mass is 16.5. The number of ketones is 1. The molecule has 2 atom stereocenters. The maximum Gasteiger partial charge on any atom is 0.295 e. The second-order valence-electron chi connectivity index (χ2n) is 8.32. The van der Waals surface area contributed by atoms with Gasteiger partial charge in [-0.1, -0.05) is 43.3 Å². The van der Waals surface area contributed by atoms with Gasteiger partial charge in [0.05, 0.1) is 24.3 Å². The number of likely N-dealkylation sites (tertiary alicyclic amines) is 1. The van der Waals surface area contributed by atoms with Crippen molar-refractivity contribution in [1.29, 1.82) is 0 Å². The fourth-order valence-corrected chi connectivity index (χ4v) is 4.40. The van der Waals surface area contributed by atoms with Crippen molar-refractivity contribution in [2.45, 2.75) is 45.3 Å². The van der Waals surface area contributed by atoms with Crippen LogP contribution in [0.25, 0.3) is 5.76 Å². The molecule has 4 rings (SSSR count). The molecule has 2 fully saturated rings. The molecule has 2 saturated heterocycles. The lowest BCUT2D eigenvalue weighted by atomic mass is 9.92. The van der Waals surface area contributed by atoms with Crippen molar-refractivity contribution in [3.63, 3.8) is 0 Å². The van der Waals surface area contributed by atoms with E-state index in [-0.39, 0.29) is 17.4 Å². The van der Waals surface area contributed by atoms with E-state index in [1.807, 2.05) is 38.1 Å². The van der Waals surface area contributed by atoms with Gasteiger partial charge in [0.25, 0.3) is 11.7 Å². The number of carbonyl (C=O) groups excluding carboxylic acids is 2. The van der Waals surface area contributed by atoms with E-state index in [0.29, 0.717) is 31.1 Å². The zero-order valence-corrected chi connectivity index (χ0v) is 18.5. The second-order valence-corrected chi connectivity index (χ2v) is 8.32. The number of aliphatic hydroxyl groups is 1. The fraction of sp³-hybridized carbons (Fsp3) is 0.385. The Morgan fingerprint density at radius 3 is 2.72 bits per heavy atom. The summed E-state index contributed by atoms with van der Waals surface area (Å²) in [5.74, 6) is -0.854. The van der Waals surface area contributed by atoms with E-state index in [0.717, 1.165) is 30.4 Å². The molecule has 0 aliphatic carbocycles. The Kier molecular flexibility index (Phi) is 6.61. The third-order valence-corrected chi connectivity index (χ3v) is 6.03. The van der Waals surface area contributed by atoms with E-state index in [1.54, 1.807) is 29.2 Å². The van der Waals surface area contributed by atoms with E-state index >= 15 is 0 Å². The molecule has 1 amide bonds.